The number of benzene rings is 1. The van der Waals surface area contributed by atoms with Crippen molar-refractivity contribution in [1.82, 2.24) is 9.62 Å². The molecule has 1 aromatic carbocycles. The monoisotopic (exact) mass is 330 g/mol. The van der Waals surface area contributed by atoms with Crippen LogP contribution >= 0.6 is 0 Å². The maximum atomic E-state index is 12.8. The van der Waals surface area contributed by atoms with Crippen LogP contribution < -0.4 is 4.72 Å². The Morgan fingerprint density at radius 2 is 1.68 bits per heavy atom. The van der Waals surface area contributed by atoms with E-state index in [-0.39, 0.29) is 23.8 Å². The second-order valence-electron chi connectivity index (χ2n) is 4.98. The Labute approximate surface area is 131 Å². The zero-order chi connectivity index (χ0) is 16.6. The second kappa shape index (κ2) is 8.85. The molecule has 1 amide bonds. The maximum absolute atomic E-state index is 12.8. The van der Waals surface area contributed by atoms with E-state index in [4.69, 9.17) is 0 Å². The smallest absolute Gasteiger partial charge is 0.240 e. The molecule has 1 aromatic rings. The first-order valence-electron chi connectivity index (χ1n) is 7.43. The Balaban J connectivity index is 2.54. The molecule has 1 N–H and O–H groups in total. The Hall–Kier alpha value is -1.47. The van der Waals surface area contributed by atoms with Crippen LogP contribution in [0.1, 0.15) is 33.1 Å². The summed E-state index contributed by atoms with van der Waals surface area (Å²) in [6.07, 6.45) is 1.85. The number of nitrogens with one attached hydrogen (secondary N) is 1. The number of carbonyl (C=O) groups is 1. The molecule has 7 heteroatoms. The predicted molar refractivity (Wildman–Crippen MR) is 83.4 cm³/mol. The number of hydrogen-bond acceptors (Lipinski definition) is 3. The number of sulfonamides is 1. The van der Waals surface area contributed by atoms with Crippen LogP contribution in [0.4, 0.5) is 4.39 Å². The molecule has 0 fully saturated rings. The fourth-order valence-electron chi connectivity index (χ4n) is 2.05. The van der Waals surface area contributed by atoms with Crippen LogP contribution in [0.25, 0.3) is 0 Å². The topological polar surface area (TPSA) is 66.5 Å². The maximum Gasteiger partial charge on any atom is 0.240 e. The van der Waals surface area contributed by atoms with Crippen molar-refractivity contribution >= 4 is 15.9 Å². The fraction of sp³-hybridized carbons (Fsp3) is 0.533. The van der Waals surface area contributed by atoms with Crippen molar-refractivity contribution < 1.29 is 17.6 Å². The lowest BCUT2D eigenvalue weighted by Gasteiger charge is -2.21. The van der Waals surface area contributed by atoms with Gasteiger partial charge in [0.2, 0.25) is 15.9 Å². The molecule has 0 aliphatic carbocycles. The predicted octanol–water partition coefficient (Wildman–Crippen LogP) is 2.14. The number of nitrogens with zero attached hydrogens (tertiary/aromatic N) is 1. The van der Waals surface area contributed by atoms with Crippen molar-refractivity contribution in [3.63, 3.8) is 0 Å². The van der Waals surface area contributed by atoms with E-state index in [1.807, 2.05) is 13.8 Å². The van der Waals surface area contributed by atoms with Gasteiger partial charge in [0.15, 0.2) is 0 Å². The Morgan fingerprint density at radius 3 is 2.18 bits per heavy atom. The summed E-state index contributed by atoms with van der Waals surface area (Å²) in [6, 6.07) is 4.56. The van der Waals surface area contributed by atoms with Crippen molar-refractivity contribution in [2.45, 2.75) is 38.0 Å². The Bertz CT molecular complexity index is 567. The molecule has 0 aliphatic heterocycles. The minimum atomic E-state index is -3.71. The van der Waals surface area contributed by atoms with Gasteiger partial charge in [-0.3, -0.25) is 4.79 Å². The van der Waals surface area contributed by atoms with Gasteiger partial charge in [-0.2, -0.15) is 0 Å². The SMILES string of the molecule is CCCN(CCC)C(=O)CCNS(=O)(=O)c1ccc(F)cc1. The highest BCUT2D eigenvalue weighted by molar-refractivity contribution is 7.89. The average molecular weight is 330 g/mol. The summed E-state index contributed by atoms with van der Waals surface area (Å²) < 4.78 is 39.1. The zero-order valence-electron chi connectivity index (χ0n) is 13.0. The first-order valence-corrected chi connectivity index (χ1v) is 8.92. The van der Waals surface area contributed by atoms with E-state index < -0.39 is 15.8 Å². The van der Waals surface area contributed by atoms with Crippen LogP contribution in [-0.2, 0) is 14.8 Å². The molecule has 0 heterocycles. The molecule has 0 atom stereocenters. The molecule has 1 rings (SSSR count). The molecular weight excluding hydrogens is 307 g/mol. The highest BCUT2D eigenvalue weighted by atomic mass is 32.2. The average Bonchev–Trinajstić information content (AvgIpc) is 2.47. The first kappa shape index (κ1) is 18.6. The van der Waals surface area contributed by atoms with Gasteiger partial charge in [-0.1, -0.05) is 13.8 Å². The van der Waals surface area contributed by atoms with E-state index >= 15 is 0 Å². The van der Waals surface area contributed by atoms with Gasteiger partial charge in [0.1, 0.15) is 5.82 Å². The normalized spacial score (nSPS) is 11.4. The van der Waals surface area contributed by atoms with Gasteiger partial charge in [0, 0.05) is 26.1 Å². The zero-order valence-corrected chi connectivity index (χ0v) is 13.8. The van der Waals surface area contributed by atoms with Crippen molar-refractivity contribution in [3.8, 4) is 0 Å². The Kier molecular flexibility index (Phi) is 7.47. The van der Waals surface area contributed by atoms with Gasteiger partial charge in [-0.25, -0.2) is 17.5 Å². The molecule has 124 valence electrons. The van der Waals surface area contributed by atoms with Crippen molar-refractivity contribution in [2.75, 3.05) is 19.6 Å². The van der Waals surface area contributed by atoms with Gasteiger partial charge in [0.05, 0.1) is 4.90 Å². The molecule has 0 unspecified atom stereocenters. The number of hydrogen-bond donors (Lipinski definition) is 1. The molecule has 0 aliphatic rings. The van der Waals surface area contributed by atoms with Crippen LogP contribution in [0.5, 0.6) is 0 Å². The van der Waals surface area contributed by atoms with Crippen LogP contribution in [0.2, 0.25) is 0 Å². The third-order valence-electron chi connectivity index (χ3n) is 3.09. The van der Waals surface area contributed by atoms with Gasteiger partial charge in [-0.15, -0.1) is 0 Å². The molecular formula is C15H23FN2O3S. The molecule has 22 heavy (non-hydrogen) atoms. The second-order valence-corrected chi connectivity index (χ2v) is 6.75. The minimum absolute atomic E-state index is 0.0136. The van der Waals surface area contributed by atoms with E-state index in [0.29, 0.717) is 13.1 Å². The molecule has 0 saturated carbocycles. The third-order valence-corrected chi connectivity index (χ3v) is 4.57. The molecule has 0 saturated heterocycles. The molecule has 0 spiro atoms. The van der Waals surface area contributed by atoms with E-state index in [2.05, 4.69) is 4.72 Å². The van der Waals surface area contributed by atoms with Gasteiger partial charge in [0.25, 0.3) is 0 Å². The summed E-state index contributed by atoms with van der Waals surface area (Å²) in [5, 5.41) is 0. The molecule has 0 aromatic heterocycles. The highest BCUT2D eigenvalue weighted by Gasteiger charge is 2.16. The molecule has 5 nitrogen and oxygen atoms in total. The summed E-state index contributed by atoms with van der Waals surface area (Å²) in [7, 11) is -3.71. The number of carbonyl (C=O) groups excluding carboxylic acids is 1. The lowest BCUT2D eigenvalue weighted by atomic mass is 10.3. The van der Waals surface area contributed by atoms with E-state index in [1.54, 1.807) is 4.90 Å². The first-order chi connectivity index (χ1) is 10.4. The summed E-state index contributed by atoms with van der Waals surface area (Å²) in [5.74, 6) is -0.561. The largest absolute Gasteiger partial charge is 0.343 e. The molecule has 0 radical (unpaired) electrons. The number of amides is 1. The number of rotatable bonds is 9. The van der Waals surface area contributed by atoms with E-state index in [0.717, 1.165) is 25.0 Å². The van der Waals surface area contributed by atoms with Gasteiger partial charge < -0.3 is 4.90 Å². The van der Waals surface area contributed by atoms with Crippen LogP contribution in [0, 0.1) is 5.82 Å². The summed E-state index contributed by atoms with van der Waals surface area (Å²) in [4.78, 5) is 13.8. The van der Waals surface area contributed by atoms with E-state index in [1.165, 1.54) is 12.1 Å². The van der Waals surface area contributed by atoms with Crippen LogP contribution in [0.15, 0.2) is 29.2 Å². The van der Waals surface area contributed by atoms with Crippen molar-refractivity contribution in [3.05, 3.63) is 30.1 Å². The standard InChI is InChI=1S/C15H23FN2O3S/c1-3-11-18(12-4-2)15(19)9-10-17-22(20,21)14-7-5-13(16)6-8-14/h5-8,17H,3-4,9-12H2,1-2H3. The lowest BCUT2D eigenvalue weighted by molar-refractivity contribution is -0.131. The van der Waals surface area contributed by atoms with E-state index in [9.17, 15) is 17.6 Å². The summed E-state index contributed by atoms with van der Waals surface area (Å²) >= 11 is 0. The number of halogens is 1. The van der Waals surface area contributed by atoms with Crippen LogP contribution in [0.3, 0.4) is 0 Å². The highest BCUT2D eigenvalue weighted by Crippen LogP contribution is 2.09. The minimum Gasteiger partial charge on any atom is -0.343 e. The summed E-state index contributed by atoms with van der Waals surface area (Å²) in [5.41, 5.74) is 0. The molecule has 0 bridgehead atoms. The summed E-state index contributed by atoms with van der Waals surface area (Å²) in [6.45, 7) is 5.37. The Morgan fingerprint density at radius 1 is 1.14 bits per heavy atom. The quantitative estimate of drug-likeness (QED) is 0.754. The van der Waals surface area contributed by atoms with Crippen molar-refractivity contribution in [2.24, 2.45) is 0 Å². The van der Waals surface area contributed by atoms with Crippen molar-refractivity contribution in [1.29, 1.82) is 0 Å². The fourth-order valence-corrected chi connectivity index (χ4v) is 3.08. The lowest BCUT2D eigenvalue weighted by Crippen LogP contribution is -2.35. The van der Waals surface area contributed by atoms with Crippen LogP contribution in [-0.4, -0.2) is 38.9 Å². The third kappa shape index (κ3) is 5.73. The van der Waals surface area contributed by atoms with Gasteiger partial charge >= 0.3 is 0 Å². The van der Waals surface area contributed by atoms with Gasteiger partial charge in [-0.05, 0) is 37.1 Å².